The Balaban J connectivity index is 1.69. The van der Waals surface area contributed by atoms with Crippen LogP contribution in [-0.4, -0.2) is 33.8 Å². The van der Waals surface area contributed by atoms with Crippen molar-refractivity contribution in [2.75, 3.05) is 16.8 Å². The summed E-state index contributed by atoms with van der Waals surface area (Å²) in [4.78, 5) is 11.1. The summed E-state index contributed by atoms with van der Waals surface area (Å²) < 4.78 is 13.5. The first-order chi connectivity index (χ1) is 12.5. The van der Waals surface area contributed by atoms with Gasteiger partial charge >= 0.3 is 0 Å². The number of nitrogens with one attached hydrogen (secondary N) is 1. The molecular weight excluding hydrogens is 331 g/mol. The molecule has 1 aliphatic carbocycles. The number of hydrogen-bond donors (Lipinski definition) is 2. The third kappa shape index (κ3) is 4.69. The molecule has 0 aliphatic heterocycles. The quantitative estimate of drug-likeness (QED) is 0.825. The highest BCUT2D eigenvalue weighted by Gasteiger charge is 2.20. The summed E-state index contributed by atoms with van der Waals surface area (Å²) in [5.74, 6) is 1.29. The van der Waals surface area contributed by atoms with Crippen LogP contribution in [0.5, 0.6) is 0 Å². The van der Waals surface area contributed by atoms with Gasteiger partial charge in [-0.2, -0.15) is 4.98 Å². The van der Waals surface area contributed by atoms with Gasteiger partial charge in [-0.05, 0) is 62.8 Å². The summed E-state index contributed by atoms with van der Waals surface area (Å²) in [6, 6.07) is 7.42. The number of aryl methyl sites for hydroxylation is 1. The lowest BCUT2D eigenvalue weighted by molar-refractivity contribution is 0.126. The summed E-state index contributed by atoms with van der Waals surface area (Å²) in [7, 11) is 0. The number of aliphatic hydroxyl groups is 1. The molecule has 0 radical (unpaired) electrons. The van der Waals surface area contributed by atoms with Crippen LogP contribution in [0.4, 0.5) is 16.2 Å². The maximum atomic E-state index is 13.5. The number of nitrogens with zero attached hydrogens (tertiary/aromatic N) is 3. The van der Waals surface area contributed by atoms with Crippen LogP contribution in [-0.2, 0) is 6.54 Å². The zero-order chi connectivity index (χ0) is 18.5. The van der Waals surface area contributed by atoms with Crippen molar-refractivity contribution in [3.63, 3.8) is 0 Å². The standard InChI is InChI=1S/C20H27FN4O/c1-3-25(13-15-4-9-18(21)14(2)12-15)19-10-11-22-20(24-19)23-16-5-7-17(26)8-6-16/h4,9-12,16-17,26H,3,5-8,13H2,1-2H3,(H,22,23,24). The Labute approximate surface area is 154 Å². The number of anilines is 2. The second-order valence-corrected chi connectivity index (χ2v) is 6.99. The van der Waals surface area contributed by atoms with Crippen molar-refractivity contribution in [2.24, 2.45) is 0 Å². The van der Waals surface area contributed by atoms with Crippen molar-refractivity contribution in [2.45, 2.75) is 58.2 Å². The molecule has 1 heterocycles. The second-order valence-electron chi connectivity index (χ2n) is 6.99. The van der Waals surface area contributed by atoms with Crippen molar-refractivity contribution in [3.8, 4) is 0 Å². The summed E-state index contributed by atoms with van der Waals surface area (Å²) in [6.45, 7) is 5.32. The highest BCUT2D eigenvalue weighted by atomic mass is 19.1. The molecule has 1 fully saturated rings. The average molecular weight is 358 g/mol. The molecule has 2 N–H and O–H groups in total. The van der Waals surface area contributed by atoms with Gasteiger partial charge in [-0.15, -0.1) is 0 Å². The van der Waals surface area contributed by atoms with E-state index in [-0.39, 0.29) is 11.9 Å². The minimum Gasteiger partial charge on any atom is -0.393 e. The highest BCUT2D eigenvalue weighted by Crippen LogP contribution is 2.22. The average Bonchev–Trinajstić information content (AvgIpc) is 2.65. The van der Waals surface area contributed by atoms with Gasteiger partial charge in [0.25, 0.3) is 0 Å². The van der Waals surface area contributed by atoms with E-state index < -0.39 is 0 Å². The predicted molar refractivity (Wildman–Crippen MR) is 102 cm³/mol. The summed E-state index contributed by atoms with van der Waals surface area (Å²) >= 11 is 0. The smallest absolute Gasteiger partial charge is 0.224 e. The maximum absolute atomic E-state index is 13.5. The number of rotatable bonds is 6. The SMILES string of the molecule is CCN(Cc1ccc(F)c(C)c1)c1ccnc(NC2CCC(O)CC2)n1. The zero-order valence-electron chi connectivity index (χ0n) is 15.5. The van der Waals surface area contributed by atoms with Gasteiger partial charge in [0.05, 0.1) is 6.10 Å². The summed E-state index contributed by atoms with van der Waals surface area (Å²) in [5, 5.41) is 13.0. The molecule has 0 unspecified atom stereocenters. The third-order valence-corrected chi connectivity index (χ3v) is 4.97. The topological polar surface area (TPSA) is 61.3 Å². The van der Waals surface area contributed by atoms with Crippen LogP contribution >= 0.6 is 0 Å². The zero-order valence-corrected chi connectivity index (χ0v) is 15.5. The number of benzene rings is 1. The minimum absolute atomic E-state index is 0.171. The highest BCUT2D eigenvalue weighted by molar-refractivity contribution is 5.44. The lowest BCUT2D eigenvalue weighted by Gasteiger charge is -2.27. The lowest BCUT2D eigenvalue weighted by atomic mass is 9.93. The Morgan fingerprint density at radius 2 is 2.00 bits per heavy atom. The van der Waals surface area contributed by atoms with Crippen LogP contribution in [0.15, 0.2) is 30.5 Å². The van der Waals surface area contributed by atoms with E-state index in [2.05, 4.69) is 27.1 Å². The van der Waals surface area contributed by atoms with E-state index in [1.807, 2.05) is 18.2 Å². The van der Waals surface area contributed by atoms with E-state index in [4.69, 9.17) is 0 Å². The summed E-state index contributed by atoms with van der Waals surface area (Å²) in [6.07, 6.45) is 5.10. The first-order valence-electron chi connectivity index (χ1n) is 9.32. The Kier molecular flexibility index (Phi) is 6.04. The Bertz CT molecular complexity index is 732. The molecule has 2 aromatic rings. The number of halogens is 1. The molecule has 1 aliphatic rings. The largest absolute Gasteiger partial charge is 0.393 e. The third-order valence-electron chi connectivity index (χ3n) is 4.97. The first-order valence-corrected chi connectivity index (χ1v) is 9.32. The molecule has 3 rings (SSSR count). The van der Waals surface area contributed by atoms with Gasteiger partial charge in [0.2, 0.25) is 5.95 Å². The summed E-state index contributed by atoms with van der Waals surface area (Å²) in [5.41, 5.74) is 1.71. The molecule has 0 bridgehead atoms. The molecule has 0 spiro atoms. The van der Waals surface area contributed by atoms with Gasteiger partial charge in [-0.1, -0.05) is 12.1 Å². The number of hydrogen-bond acceptors (Lipinski definition) is 5. The molecule has 140 valence electrons. The van der Waals surface area contributed by atoms with Crippen molar-refractivity contribution in [3.05, 3.63) is 47.4 Å². The van der Waals surface area contributed by atoms with E-state index in [0.29, 0.717) is 24.1 Å². The maximum Gasteiger partial charge on any atom is 0.224 e. The number of aromatic nitrogens is 2. The molecule has 5 nitrogen and oxygen atoms in total. The lowest BCUT2D eigenvalue weighted by Crippen LogP contribution is -2.29. The fourth-order valence-electron chi connectivity index (χ4n) is 3.38. The molecule has 0 saturated heterocycles. The normalized spacial score (nSPS) is 20.0. The molecular formula is C20H27FN4O. The van der Waals surface area contributed by atoms with E-state index in [0.717, 1.165) is 43.6 Å². The van der Waals surface area contributed by atoms with Crippen LogP contribution in [0.3, 0.4) is 0 Å². The molecule has 1 saturated carbocycles. The van der Waals surface area contributed by atoms with Crippen LogP contribution < -0.4 is 10.2 Å². The monoisotopic (exact) mass is 358 g/mol. The molecule has 6 heteroatoms. The minimum atomic E-state index is -0.178. The van der Waals surface area contributed by atoms with E-state index in [9.17, 15) is 9.50 Å². The molecule has 1 aromatic heterocycles. The fraction of sp³-hybridized carbons (Fsp3) is 0.500. The van der Waals surface area contributed by atoms with Gasteiger partial charge in [0.1, 0.15) is 11.6 Å². The van der Waals surface area contributed by atoms with E-state index >= 15 is 0 Å². The Morgan fingerprint density at radius 1 is 1.23 bits per heavy atom. The van der Waals surface area contributed by atoms with Crippen LogP contribution in [0, 0.1) is 12.7 Å². The molecule has 0 atom stereocenters. The predicted octanol–water partition coefficient (Wildman–Crippen LogP) is 3.67. The van der Waals surface area contributed by atoms with Crippen molar-refractivity contribution >= 4 is 11.8 Å². The van der Waals surface area contributed by atoms with Gasteiger partial charge in [-0.3, -0.25) is 0 Å². The van der Waals surface area contributed by atoms with Crippen LogP contribution in [0.1, 0.15) is 43.7 Å². The molecule has 1 aromatic carbocycles. The number of aliphatic hydroxyl groups excluding tert-OH is 1. The first kappa shape index (κ1) is 18.6. The van der Waals surface area contributed by atoms with E-state index in [1.165, 1.54) is 6.07 Å². The Morgan fingerprint density at radius 3 is 2.69 bits per heavy atom. The fourth-order valence-corrected chi connectivity index (χ4v) is 3.38. The van der Waals surface area contributed by atoms with Gasteiger partial charge in [0.15, 0.2) is 0 Å². The Hall–Kier alpha value is -2.21. The van der Waals surface area contributed by atoms with Gasteiger partial charge in [-0.25, -0.2) is 9.37 Å². The van der Waals surface area contributed by atoms with Gasteiger partial charge in [0, 0.05) is 25.3 Å². The van der Waals surface area contributed by atoms with Crippen molar-refractivity contribution in [1.29, 1.82) is 0 Å². The second kappa shape index (κ2) is 8.45. The van der Waals surface area contributed by atoms with Gasteiger partial charge < -0.3 is 15.3 Å². The van der Waals surface area contributed by atoms with E-state index in [1.54, 1.807) is 13.1 Å². The van der Waals surface area contributed by atoms with Crippen molar-refractivity contribution < 1.29 is 9.50 Å². The van der Waals surface area contributed by atoms with Crippen molar-refractivity contribution in [1.82, 2.24) is 9.97 Å². The molecule has 0 amide bonds. The van der Waals surface area contributed by atoms with Crippen LogP contribution in [0.25, 0.3) is 0 Å². The van der Waals surface area contributed by atoms with Crippen LogP contribution in [0.2, 0.25) is 0 Å². The molecule has 26 heavy (non-hydrogen) atoms.